The van der Waals surface area contributed by atoms with Crippen LogP contribution in [0.15, 0.2) is 53.1 Å². The van der Waals surface area contributed by atoms with Crippen LogP contribution in [0.4, 0.5) is 0 Å². The monoisotopic (exact) mass is 645 g/mol. The summed E-state index contributed by atoms with van der Waals surface area (Å²) in [5.74, 6) is -2.14. The zero-order chi connectivity index (χ0) is 34.1. The Balaban J connectivity index is 1.63. The van der Waals surface area contributed by atoms with Crippen LogP contribution in [0.3, 0.4) is 0 Å². The van der Waals surface area contributed by atoms with Gasteiger partial charge in [0.05, 0.1) is 13.0 Å². The van der Waals surface area contributed by atoms with Crippen molar-refractivity contribution < 1.29 is 28.5 Å². The first kappa shape index (κ1) is 34.8. The maximum absolute atomic E-state index is 13.6. The molecule has 2 bridgehead atoms. The number of aromatic nitrogens is 2. The number of fused-ring (bicyclic) bond motifs is 2. The standard InChI is InChI=1S/C34H43N7O6/c1-20(2)13-27-33(45)39-28(16-24-9-7-6-8-10-24)32(44)35-11-12-41(30(42)17-25-14-21(3)36-22(4)15-25)19-26-18-29(40-47-26)34(46)37-23(5)31(43)38-27/h6-10,14-15,18,20,23,27-28H,11-13,16-17,19H2,1-5H3,(H,35,44)(H,37,46)(H,38,43)(H,39,45)/t23-,27-,28-/m1/s1. The molecule has 0 unspecified atom stereocenters. The maximum Gasteiger partial charge on any atom is 0.274 e. The van der Waals surface area contributed by atoms with E-state index in [-0.39, 0.29) is 55.8 Å². The smallest absolute Gasteiger partial charge is 0.274 e. The first-order chi connectivity index (χ1) is 22.4. The van der Waals surface area contributed by atoms with Crippen molar-refractivity contribution >= 4 is 29.5 Å². The van der Waals surface area contributed by atoms with Gasteiger partial charge in [-0.1, -0.05) is 49.3 Å². The number of nitrogens with zero attached hydrogens (tertiary/aromatic N) is 3. The van der Waals surface area contributed by atoms with E-state index in [0.717, 1.165) is 22.5 Å². The average Bonchev–Trinajstić information content (AvgIpc) is 3.48. The molecule has 4 N–H and O–H groups in total. The van der Waals surface area contributed by atoms with Crippen LogP contribution in [0.25, 0.3) is 0 Å². The molecule has 0 aliphatic carbocycles. The Morgan fingerprint density at radius 2 is 1.60 bits per heavy atom. The summed E-state index contributed by atoms with van der Waals surface area (Å²) in [4.78, 5) is 72.7. The summed E-state index contributed by atoms with van der Waals surface area (Å²) in [6.45, 7) is 9.20. The number of carbonyl (C=O) groups excluding carboxylic acids is 5. The molecule has 1 aliphatic rings. The summed E-state index contributed by atoms with van der Waals surface area (Å²) in [6.07, 6.45) is 0.589. The number of rotatable bonds is 6. The van der Waals surface area contributed by atoms with Crippen LogP contribution in [0, 0.1) is 19.8 Å². The van der Waals surface area contributed by atoms with E-state index in [0.29, 0.717) is 6.42 Å². The molecule has 13 nitrogen and oxygen atoms in total. The summed E-state index contributed by atoms with van der Waals surface area (Å²) in [5.41, 5.74) is 3.13. The van der Waals surface area contributed by atoms with Gasteiger partial charge in [0.1, 0.15) is 18.1 Å². The summed E-state index contributed by atoms with van der Waals surface area (Å²) < 4.78 is 5.40. The van der Waals surface area contributed by atoms with Gasteiger partial charge in [-0.3, -0.25) is 29.0 Å². The number of amides is 5. The van der Waals surface area contributed by atoms with Crippen LogP contribution in [-0.2, 0) is 38.6 Å². The molecule has 13 heteroatoms. The van der Waals surface area contributed by atoms with E-state index < -0.39 is 41.8 Å². The molecule has 3 atom stereocenters. The second-order valence-corrected chi connectivity index (χ2v) is 12.4. The van der Waals surface area contributed by atoms with Gasteiger partial charge in [-0.2, -0.15) is 0 Å². The largest absolute Gasteiger partial charge is 0.359 e. The van der Waals surface area contributed by atoms with Gasteiger partial charge in [0.25, 0.3) is 5.91 Å². The zero-order valence-electron chi connectivity index (χ0n) is 27.5. The minimum Gasteiger partial charge on any atom is -0.359 e. The topological polar surface area (TPSA) is 176 Å². The number of pyridine rings is 1. The number of benzene rings is 1. The molecule has 3 aromatic rings. The van der Waals surface area contributed by atoms with Crippen LogP contribution in [0.5, 0.6) is 0 Å². The van der Waals surface area contributed by atoms with E-state index in [4.69, 9.17) is 4.52 Å². The second kappa shape index (κ2) is 16.0. The van der Waals surface area contributed by atoms with Gasteiger partial charge in [-0.05, 0) is 56.4 Å². The van der Waals surface area contributed by atoms with Crippen molar-refractivity contribution in [3.8, 4) is 0 Å². The van der Waals surface area contributed by atoms with E-state index >= 15 is 0 Å². The normalized spacial score (nSPS) is 20.0. The van der Waals surface area contributed by atoms with Gasteiger partial charge in [0.2, 0.25) is 23.6 Å². The van der Waals surface area contributed by atoms with E-state index in [9.17, 15) is 24.0 Å². The number of aryl methyl sites for hydroxylation is 2. The fourth-order valence-electron chi connectivity index (χ4n) is 5.39. The van der Waals surface area contributed by atoms with Crippen LogP contribution in [-0.4, -0.2) is 75.8 Å². The highest BCUT2D eigenvalue weighted by atomic mass is 16.5. The molecular formula is C34H43N7O6. The van der Waals surface area contributed by atoms with E-state index in [1.165, 1.54) is 17.9 Å². The van der Waals surface area contributed by atoms with Crippen molar-refractivity contribution in [2.24, 2.45) is 5.92 Å². The van der Waals surface area contributed by atoms with E-state index in [1.807, 2.05) is 70.2 Å². The van der Waals surface area contributed by atoms with E-state index in [2.05, 4.69) is 31.4 Å². The molecule has 5 amide bonds. The predicted molar refractivity (Wildman–Crippen MR) is 173 cm³/mol. The van der Waals surface area contributed by atoms with Gasteiger partial charge in [-0.15, -0.1) is 0 Å². The molecule has 4 rings (SSSR count). The Labute approximate surface area is 274 Å². The van der Waals surface area contributed by atoms with Crippen molar-refractivity contribution in [3.05, 3.63) is 82.5 Å². The Hall–Kier alpha value is -5.07. The number of nitrogens with one attached hydrogen (secondary N) is 4. The lowest BCUT2D eigenvalue weighted by Gasteiger charge is -2.26. The van der Waals surface area contributed by atoms with Crippen molar-refractivity contribution in [2.45, 2.75) is 78.6 Å². The van der Waals surface area contributed by atoms with Gasteiger partial charge < -0.3 is 30.7 Å². The molecule has 0 radical (unpaired) electrons. The minimum absolute atomic E-state index is 0.0187. The third-order valence-electron chi connectivity index (χ3n) is 7.67. The van der Waals surface area contributed by atoms with Crippen molar-refractivity contribution in [1.29, 1.82) is 0 Å². The van der Waals surface area contributed by atoms with Gasteiger partial charge >= 0.3 is 0 Å². The third kappa shape index (κ3) is 10.2. The molecule has 0 saturated carbocycles. The number of hydrogen-bond acceptors (Lipinski definition) is 8. The third-order valence-corrected chi connectivity index (χ3v) is 7.67. The fourth-order valence-corrected chi connectivity index (χ4v) is 5.39. The number of hydrogen-bond donors (Lipinski definition) is 4. The molecule has 0 saturated heterocycles. The van der Waals surface area contributed by atoms with Gasteiger partial charge in [0.15, 0.2) is 11.5 Å². The van der Waals surface area contributed by atoms with Crippen LogP contribution < -0.4 is 21.3 Å². The molecular weight excluding hydrogens is 602 g/mol. The molecule has 47 heavy (non-hydrogen) atoms. The SMILES string of the molecule is Cc1cc(CC(=O)N2CCNC(=O)[C@@H](Cc3ccccc3)NC(=O)[C@@H](CC(C)C)NC(=O)[C@@H](C)NC(=O)c3cc(on3)C2)cc(C)n1. The lowest BCUT2D eigenvalue weighted by molar-refractivity contribution is -0.133. The summed E-state index contributed by atoms with van der Waals surface area (Å²) >= 11 is 0. The van der Waals surface area contributed by atoms with Gasteiger partial charge in [0, 0.05) is 37.0 Å². The summed E-state index contributed by atoms with van der Waals surface area (Å²) in [6, 6.07) is 11.4. The molecule has 0 spiro atoms. The Kier molecular flexibility index (Phi) is 11.8. The highest BCUT2D eigenvalue weighted by Gasteiger charge is 2.30. The molecule has 3 heterocycles. The van der Waals surface area contributed by atoms with Crippen molar-refractivity contribution in [3.63, 3.8) is 0 Å². The Morgan fingerprint density at radius 1 is 0.915 bits per heavy atom. The van der Waals surface area contributed by atoms with Crippen LogP contribution in [0.1, 0.15) is 66.0 Å². The first-order valence-corrected chi connectivity index (χ1v) is 15.8. The molecule has 1 aliphatic heterocycles. The average molecular weight is 646 g/mol. The number of carbonyl (C=O) groups is 5. The summed E-state index contributed by atoms with van der Waals surface area (Å²) in [5, 5.41) is 14.9. The van der Waals surface area contributed by atoms with E-state index in [1.54, 1.807) is 0 Å². The zero-order valence-corrected chi connectivity index (χ0v) is 27.5. The maximum atomic E-state index is 13.6. The fraction of sp³-hybridized carbons (Fsp3) is 0.441. The highest BCUT2D eigenvalue weighted by molar-refractivity contribution is 5.97. The Bertz CT molecular complexity index is 1570. The van der Waals surface area contributed by atoms with Crippen LogP contribution >= 0.6 is 0 Å². The highest BCUT2D eigenvalue weighted by Crippen LogP contribution is 2.13. The Morgan fingerprint density at radius 3 is 2.28 bits per heavy atom. The van der Waals surface area contributed by atoms with Gasteiger partial charge in [-0.25, -0.2) is 0 Å². The first-order valence-electron chi connectivity index (χ1n) is 15.8. The molecule has 2 aromatic heterocycles. The second-order valence-electron chi connectivity index (χ2n) is 12.4. The molecule has 1 aromatic carbocycles. The lowest BCUT2D eigenvalue weighted by atomic mass is 10.0. The van der Waals surface area contributed by atoms with Crippen LogP contribution in [0.2, 0.25) is 0 Å². The summed E-state index contributed by atoms with van der Waals surface area (Å²) in [7, 11) is 0. The van der Waals surface area contributed by atoms with Crippen molar-refractivity contribution in [2.75, 3.05) is 13.1 Å². The molecule has 0 fully saturated rings. The predicted octanol–water partition coefficient (Wildman–Crippen LogP) is 1.76. The molecule has 250 valence electrons. The van der Waals surface area contributed by atoms with Crippen molar-refractivity contribution in [1.82, 2.24) is 36.3 Å². The minimum atomic E-state index is -1.02. The lowest BCUT2D eigenvalue weighted by Crippen LogP contribution is -2.57. The quantitative estimate of drug-likeness (QED) is 0.314.